The molecule has 0 atom stereocenters. The molecule has 1 aromatic heterocycles. The molecule has 1 saturated carbocycles. The topological polar surface area (TPSA) is 42.7 Å². The van der Waals surface area contributed by atoms with E-state index in [9.17, 15) is 4.39 Å². The molecule has 1 fully saturated rings. The van der Waals surface area contributed by atoms with E-state index in [1.54, 1.807) is 16.8 Å². The van der Waals surface area contributed by atoms with Gasteiger partial charge in [0.2, 0.25) is 0 Å². The van der Waals surface area contributed by atoms with Crippen molar-refractivity contribution in [2.45, 2.75) is 25.4 Å². The van der Waals surface area contributed by atoms with Gasteiger partial charge < -0.3 is 5.32 Å². The third kappa shape index (κ3) is 2.40. The maximum Gasteiger partial charge on any atom is 0.149 e. The third-order valence-corrected chi connectivity index (χ3v) is 3.76. The quantitative estimate of drug-likeness (QED) is 0.800. The number of para-hydroxylation sites is 1. The Hall–Kier alpha value is -2.27. The van der Waals surface area contributed by atoms with Crippen molar-refractivity contribution in [2.24, 2.45) is 0 Å². The van der Waals surface area contributed by atoms with Crippen LogP contribution < -0.4 is 5.32 Å². The maximum atomic E-state index is 14.4. The minimum absolute atomic E-state index is 0.277. The van der Waals surface area contributed by atoms with Crippen LogP contribution in [-0.2, 0) is 6.54 Å². The van der Waals surface area contributed by atoms with Crippen LogP contribution in [0, 0.1) is 5.82 Å². The fourth-order valence-electron chi connectivity index (χ4n) is 2.43. The lowest BCUT2D eigenvalue weighted by Crippen LogP contribution is -2.15. The van der Waals surface area contributed by atoms with Crippen molar-refractivity contribution >= 4 is 11.0 Å². The van der Waals surface area contributed by atoms with Crippen LogP contribution in [0.3, 0.4) is 0 Å². The van der Waals surface area contributed by atoms with E-state index in [-0.39, 0.29) is 5.82 Å². The molecule has 4 rings (SSSR count). The zero-order valence-corrected chi connectivity index (χ0v) is 11.5. The van der Waals surface area contributed by atoms with E-state index >= 15 is 0 Å². The Morgan fingerprint density at radius 2 is 2.05 bits per heavy atom. The Kier molecular flexibility index (Phi) is 2.93. The van der Waals surface area contributed by atoms with Gasteiger partial charge in [0.1, 0.15) is 17.0 Å². The van der Waals surface area contributed by atoms with Crippen molar-refractivity contribution < 1.29 is 4.39 Å². The number of aromatic nitrogens is 3. The van der Waals surface area contributed by atoms with Gasteiger partial charge in [0, 0.05) is 12.6 Å². The smallest absolute Gasteiger partial charge is 0.149 e. The number of halogens is 1. The first-order chi connectivity index (χ1) is 10.3. The van der Waals surface area contributed by atoms with Crippen LogP contribution in [0.5, 0.6) is 0 Å². The summed E-state index contributed by atoms with van der Waals surface area (Å²) in [6.45, 7) is 0.708. The summed E-state index contributed by atoms with van der Waals surface area (Å²) in [5.41, 5.74) is 2.95. The third-order valence-electron chi connectivity index (χ3n) is 3.76. The monoisotopic (exact) mass is 282 g/mol. The predicted octanol–water partition coefficient (Wildman–Crippen LogP) is 2.81. The molecule has 0 amide bonds. The van der Waals surface area contributed by atoms with Crippen molar-refractivity contribution in [3.63, 3.8) is 0 Å². The van der Waals surface area contributed by atoms with Gasteiger partial charge in [0.25, 0.3) is 0 Å². The fraction of sp³-hybridized carbons (Fsp3) is 0.250. The highest BCUT2D eigenvalue weighted by Gasteiger charge is 2.20. The van der Waals surface area contributed by atoms with Gasteiger partial charge in [-0.05, 0) is 42.7 Å². The van der Waals surface area contributed by atoms with Crippen LogP contribution in [0.1, 0.15) is 18.4 Å². The highest BCUT2D eigenvalue weighted by molar-refractivity contribution is 5.75. The largest absolute Gasteiger partial charge is 0.310 e. The van der Waals surface area contributed by atoms with Gasteiger partial charge in [-0.1, -0.05) is 23.4 Å². The second-order valence-electron chi connectivity index (χ2n) is 5.43. The lowest BCUT2D eigenvalue weighted by molar-refractivity contribution is 0.603. The number of hydrogen-bond acceptors (Lipinski definition) is 3. The summed E-state index contributed by atoms with van der Waals surface area (Å²) in [5, 5.41) is 11.5. The summed E-state index contributed by atoms with van der Waals surface area (Å²) >= 11 is 0. The average molecular weight is 282 g/mol. The number of benzene rings is 2. The standard InChI is InChI=1S/C16H15FN4/c17-13-9-11(10-18-12-6-7-12)5-8-15(13)21-16-4-2-1-3-14(16)19-20-21/h1-5,8-9,12,18H,6-7,10H2. The molecule has 0 aliphatic heterocycles. The number of rotatable bonds is 4. The lowest BCUT2D eigenvalue weighted by Gasteiger charge is -2.07. The van der Waals surface area contributed by atoms with Crippen molar-refractivity contribution in [1.82, 2.24) is 20.3 Å². The zero-order valence-electron chi connectivity index (χ0n) is 11.5. The molecular formula is C16H15FN4. The Bertz CT molecular complexity index is 792. The second kappa shape index (κ2) is 4.93. The molecule has 5 heteroatoms. The van der Waals surface area contributed by atoms with E-state index in [1.807, 2.05) is 30.3 Å². The predicted molar refractivity (Wildman–Crippen MR) is 78.7 cm³/mol. The molecule has 106 valence electrons. The molecule has 1 aliphatic carbocycles. The minimum Gasteiger partial charge on any atom is -0.310 e. The van der Waals surface area contributed by atoms with E-state index in [0.717, 1.165) is 16.6 Å². The number of hydrogen-bond donors (Lipinski definition) is 1. The van der Waals surface area contributed by atoms with Crippen molar-refractivity contribution in [2.75, 3.05) is 0 Å². The Morgan fingerprint density at radius 3 is 2.86 bits per heavy atom. The highest BCUT2D eigenvalue weighted by Crippen LogP contribution is 2.21. The first-order valence-electron chi connectivity index (χ1n) is 7.14. The van der Waals surface area contributed by atoms with Crippen LogP contribution in [0.15, 0.2) is 42.5 Å². The minimum atomic E-state index is -0.277. The molecule has 0 radical (unpaired) electrons. The van der Waals surface area contributed by atoms with Crippen molar-refractivity contribution in [1.29, 1.82) is 0 Å². The van der Waals surface area contributed by atoms with E-state index in [0.29, 0.717) is 18.3 Å². The van der Waals surface area contributed by atoms with Gasteiger partial charge in [-0.2, -0.15) is 0 Å². The molecule has 1 N–H and O–H groups in total. The van der Waals surface area contributed by atoms with Crippen LogP contribution in [0.2, 0.25) is 0 Å². The normalized spacial score (nSPS) is 14.7. The van der Waals surface area contributed by atoms with Crippen LogP contribution in [0.25, 0.3) is 16.7 Å². The van der Waals surface area contributed by atoms with Gasteiger partial charge in [0.05, 0.1) is 5.52 Å². The van der Waals surface area contributed by atoms with Gasteiger partial charge >= 0.3 is 0 Å². The first kappa shape index (κ1) is 12.5. The van der Waals surface area contributed by atoms with E-state index < -0.39 is 0 Å². The molecule has 1 heterocycles. The maximum absolute atomic E-state index is 14.4. The first-order valence-corrected chi connectivity index (χ1v) is 7.14. The molecular weight excluding hydrogens is 267 g/mol. The number of fused-ring (bicyclic) bond motifs is 1. The van der Waals surface area contributed by atoms with Crippen molar-refractivity contribution in [3.05, 3.63) is 53.8 Å². The zero-order chi connectivity index (χ0) is 14.2. The fourth-order valence-corrected chi connectivity index (χ4v) is 2.43. The Labute approximate surface area is 121 Å². The molecule has 2 aromatic carbocycles. The summed E-state index contributed by atoms with van der Waals surface area (Å²) in [4.78, 5) is 0. The van der Waals surface area contributed by atoms with Gasteiger partial charge in [-0.25, -0.2) is 9.07 Å². The summed E-state index contributed by atoms with van der Waals surface area (Å²) < 4.78 is 15.9. The van der Waals surface area contributed by atoms with Gasteiger partial charge in [0.15, 0.2) is 0 Å². The van der Waals surface area contributed by atoms with E-state index in [4.69, 9.17) is 0 Å². The van der Waals surface area contributed by atoms with Crippen molar-refractivity contribution in [3.8, 4) is 5.69 Å². The molecule has 1 aliphatic rings. The molecule has 3 aromatic rings. The van der Waals surface area contributed by atoms with Crippen LogP contribution in [0.4, 0.5) is 4.39 Å². The Morgan fingerprint density at radius 1 is 1.19 bits per heavy atom. The average Bonchev–Trinajstić information content (AvgIpc) is 3.24. The highest BCUT2D eigenvalue weighted by atomic mass is 19.1. The Balaban J connectivity index is 1.67. The van der Waals surface area contributed by atoms with Gasteiger partial charge in [-0.15, -0.1) is 5.10 Å². The molecule has 0 spiro atoms. The molecule has 0 saturated heterocycles. The summed E-state index contributed by atoms with van der Waals surface area (Å²) in [7, 11) is 0. The van der Waals surface area contributed by atoms with E-state index in [1.165, 1.54) is 12.8 Å². The van der Waals surface area contributed by atoms with E-state index in [2.05, 4.69) is 15.6 Å². The summed E-state index contributed by atoms with van der Waals surface area (Å²) in [6.07, 6.45) is 2.46. The number of nitrogens with one attached hydrogen (secondary N) is 1. The molecule has 4 nitrogen and oxygen atoms in total. The molecule has 0 unspecified atom stereocenters. The van der Waals surface area contributed by atoms with Gasteiger partial charge in [-0.3, -0.25) is 0 Å². The van der Waals surface area contributed by atoms with Crippen LogP contribution >= 0.6 is 0 Å². The lowest BCUT2D eigenvalue weighted by atomic mass is 10.2. The number of nitrogens with zero attached hydrogens (tertiary/aromatic N) is 3. The molecule has 21 heavy (non-hydrogen) atoms. The summed E-state index contributed by atoms with van der Waals surface area (Å²) in [5.74, 6) is -0.277. The second-order valence-corrected chi connectivity index (χ2v) is 5.43. The van der Waals surface area contributed by atoms with Crippen LogP contribution in [-0.4, -0.2) is 21.0 Å². The molecule has 0 bridgehead atoms. The SMILES string of the molecule is Fc1cc(CNC2CC2)ccc1-n1nnc2ccccc21. The summed E-state index contributed by atoms with van der Waals surface area (Å²) in [6, 6.07) is 13.4.